The second-order valence-electron chi connectivity index (χ2n) is 8.10. The highest BCUT2D eigenvalue weighted by Gasteiger charge is 2.34. The van der Waals surface area contributed by atoms with Gasteiger partial charge in [0.1, 0.15) is 5.75 Å². The minimum Gasteiger partial charge on any atom is -0.494 e. The maximum absolute atomic E-state index is 13.4. The molecule has 0 bridgehead atoms. The van der Waals surface area contributed by atoms with Gasteiger partial charge in [0, 0.05) is 12.1 Å². The first-order valence-corrected chi connectivity index (χ1v) is 11.2. The molecule has 1 saturated heterocycles. The maximum Gasteiger partial charge on any atom is 0.260 e. The summed E-state index contributed by atoms with van der Waals surface area (Å²) in [5.74, 6) is -0.153. The third kappa shape index (κ3) is 5.48. The van der Waals surface area contributed by atoms with E-state index in [0.717, 1.165) is 16.7 Å². The van der Waals surface area contributed by atoms with E-state index in [1.54, 1.807) is 24.3 Å². The molecular weight excluding hydrogens is 416 g/mol. The molecule has 0 aliphatic carbocycles. The second-order valence-corrected chi connectivity index (χ2v) is 8.10. The minimum atomic E-state index is -0.595. The van der Waals surface area contributed by atoms with E-state index in [1.807, 2.05) is 61.5 Å². The van der Waals surface area contributed by atoms with Gasteiger partial charge in [-0.05, 0) is 48.2 Å². The molecular formula is C27H28N2O4. The van der Waals surface area contributed by atoms with Crippen molar-refractivity contribution in [3.8, 4) is 16.9 Å². The molecule has 2 amide bonds. The molecule has 6 nitrogen and oxygen atoms in total. The second kappa shape index (κ2) is 10.4. The van der Waals surface area contributed by atoms with Crippen LogP contribution in [0.5, 0.6) is 5.75 Å². The summed E-state index contributed by atoms with van der Waals surface area (Å²) in [5.41, 5.74) is 3.39. The fraction of sp³-hybridized carbons (Fsp3) is 0.259. The van der Waals surface area contributed by atoms with Crippen LogP contribution in [0.3, 0.4) is 0 Å². The Morgan fingerprint density at radius 1 is 1.00 bits per heavy atom. The van der Waals surface area contributed by atoms with Crippen molar-refractivity contribution in [3.63, 3.8) is 0 Å². The fourth-order valence-corrected chi connectivity index (χ4v) is 4.00. The van der Waals surface area contributed by atoms with Crippen LogP contribution in [-0.4, -0.2) is 47.1 Å². The number of ether oxygens (including phenoxy) is 1. The van der Waals surface area contributed by atoms with Gasteiger partial charge in [-0.15, -0.1) is 0 Å². The molecule has 1 aliphatic heterocycles. The molecule has 1 fully saturated rings. The van der Waals surface area contributed by atoms with Gasteiger partial charge in [0.25, 0.3) is 5.91 Å². The largest absolute Gasteiger partial charge is 0.494 e. The van der Waals surface area contributed by atoms with Gasteiger partial charge in [0.2, 0.25) is 5.91 Å². The third-order valence-electron chi connectivity index (χ3n) is 5.71. The van der Waals surface area contributed by atoms with E-state index in [4.69, 9.17) is 4.74 Å². The fourth-order valence-electron chi connectivity index (χ4n) is 4.00. The Kier molecular flexibility index (Phi) is 7.17. The van der Waals surface area contributed by atoms with Crippen LogP contribution >= 0.6 is 0 Å². The summed E-state index contributed by atoms with van der Waals surface area (Å²) < 4.78 is 5.52. The van der Waals surface area contributed by atoms with E-state index in [1.165, 1.54) is 4.90 Å². The van der Waals surface area contributed by atoms with Crippen molar-refractivity contribution >= 4 is 11.8 Å². The minimum absolute atomic E-state index is 0.139. The first kappa shape index (κ1) is 22.7. The zero-order valence-electron chi connectivity index (χ0n) is 18.6. The molecule has 1 aliphatic rings. The highest BCUT2D eigenvalue weighted by Crippen LogP contribution is 2.22. The number of imide groups is 1. The van der Waals surface area contributed by atoms with Crippen LogP contribution in [0.15, 0.2) is 78.9 Å². The number of nitrogens with zero attached hydrogens (tertiary/aromatic N) is 1. The monoisotopic (exact) mass is 444 g/mol. The SMILES string of the molecule is CCOc1cccc(C(=O)N(Cc2ccc(-c3ccccc3)cc2)C(=O)[C@@H]2C[C@@H](O)CN2)c1. The lowest BCUT2D eigenvalue weighted by Crippen LogP contribution is -2.46. The summed E-state index contributed by atoms with van der Waals surface area (Å²) in [6, 6.07) is 24.1. The molecule has 3 aromatic rings. The summed E-state index contributed by atoms with van der Waals surface area (Å²) in [4.78, 5) is 28.0. The predicted octanol–water partition coefficient (Wildman–Crippen LogP) is 3.64. The average Bonchev–Trinajstić information content (AvgIpc) is 3.29. The molecule has 0 unspecified atom stereocenters. The van der Waals surface area contributed by atoms with Crippen molar-refractivity contribution in [2.45, 2.75) is 32.0 Å². The summed E-state index contributed by atoms with van der Waals surface area (Å²) in [6.45, 7) is 2.84. The molecule has 3 aromatic carbocycles. The smallest absolute Gasteiger partial charge is 0.260 e. The quantitative estimate of drug-likeness (QED) is 0.544. The molecule has 1 heterocycles. The molecule has 2 atom stereocenters. The lowest BCUT2D eigenvalue weighted by Gasteiger charge is -2.24. The van der Waals surface area contributed by atoms with Crippen LogP contribution in [0.4, 0.5) is 0 Å². The Morgan fingerprint density at radius 3 is 2.39 bits per heavy atom. The number of aliphatic hydroxyl groups is 1. The molecule has 4 rings (SSSR count). The van der Waals surface area contributed by atoms with Crippen molar-refractivity contribution < 1.29 is 19.4 Å². The molecule has 6 heteroatoms. The number of hydrogen-bond donors (Lipinski definition) is 2. The highest BCUT2D eigenvalue weighted by atomic mass is 16.5. The van der Waals surface area contributed by atoms with Gasteiger partial charge in [0.05, 0.1) is 25.3 Å². The lowest BCUT2D eigenvalue weighted by molar-refractivity contribution is -0.131. The average molecular weight is 445 g/mol. The molecule has 0 radical (unpaired) electrons. The number of carbonyl (C=O) groups excluding carboxylic acids is 2. The molecule has 0 aromatic heterocycles. The number of benzene rings is 3. The van der Waals surface area contributed by atoms with Gasteiger partial charge in [-0.2, -0.15) is 0 Å². The molecule has 170 valence electrons. The van der Waals surface area contributed by atoms with E-state index in [-0.39, 0.29) is 18.9 Å². The Hall–Kier alpha value is -3.48. The van der Waals surface area contributed by atoms with Crippen LogP contribution in [0.1, 0.15) is 29.3 Å². The standard InChI is InChI=1S/C27H28N2O4/c1-2-33-24-10-6-9-22(15-24)26(31)29(27(32)25-16-23(30)17-28-25)18-19-11-13-21(14-12-19)20-7-4-3-5-8-20/h3-15,23,25,28,30H,2,16-18H2,1H3/t23-,25+/m1/s1. The number of β-amino-alcohol motifs (C(OH)–C–C–N with tert-alkyl or cyclic N) is 1. The Balaban J connectivity index is 1.59. The molecule has 0 spiro atoms. The summed E-state index contributed by atoms with van der Waals surface area (Å²) >= 11 is 0. The zero-order chi connectivity index (χ0) is 23.2. The number of amides is 2. The van der Waals surface area contributed by atoms with Crippen molar-refractivity contribution in [2.24, 2.45) is 0 Å². The van der Waals surface area contributed by atoms with Crippen molar-refractivity contribution in [1.29, 1.82) is 0 Å². The van der Waals surface area contributed by atoms with Crippen LogP contribution in [0.25, 0.3) is 11.1 Å². The molecule has 0 saturated carbocycles. The Bertz CT molecular complexity index is 1100. The van der Waals surface area contributed by atoms with Crippen LogP contribution in [0, 0.1) is 0 Å². The van der Waals surface area contributed by atoms with Gasteiger partial charge < -0.3 is 15.2 Å². The van der Waals surface area contributed by atoms with Gasteiger partial charge in [-0.1, -0.05) is 60.7 Å². The first-order chi connectivity index (χ1) is 16.0. The number of nitrogens with one attached hydrogen (secondary N) is 1. The number of hydrogen-bond acceptors (Lipinski definition) is 5. The number of carbonyl (C=O) groups is 2. The maximum atomic E-state index is 13.4. The van der Waals surface area contributed by atoms with Crippen LogP contribution in [-0.2, 0) is 11.3 Å². The molecule has 33 heavy (non-hydrogen) atoms. The predicted molar refractivity (Wildman–Crippen MR) is 127 cm³/mol. The van der Waals surface area contributed by atoms with Crippen LogP contribution in [0.2, 0.25) is 0 Å². The Morgan fingerprint density at radius 2 is 1.73 bits per heavy atom. The molecule has 2 N–H and O–H groups in total. The first-order valence-electron chi connectivity index (χ1n) is 11.2. The van der Waals surface area contributed by atoms with Crippen molar-refractivity contribution in [1.82, 2.24) is 10.2 Å². The van der Waals surface area contributed by atoms with Gasteiger partial charge in [0.15, 0.2) is 0 Å². The summed E-state index contributed by atoms with van der Waals surface area (Å²) in [5, 5.41) is 12.9. The van der Waals surface area contributed by atoms with Crippen molar-refractivity contribution in [3.05, 3.63) is 90.0 Å². The van der Waals surface area contributed by atoms with Gasteiger partial charge in [-0.3, -0.25) is 14.5 Å². The zero-order valence-corrected chi connectivity index (χ0v) is 18.6. The van der Waals surface area contributed by atoms with Crippen molar-refractivity contribution in [2.75, 3.05) is 13.2 Å². The van der Waals surface area contributed by atoms with E-state index in [2.05, 4.69) is 5.32 Å². The van der Waals surface area contributed by atoms with E-state index in [9.17, 15) is 14.7 Å². The topological polar surface area (TPSA) is 78.9 Å². The van der Waals surface area contributed by atoms with E-state index in [0.29, 0.717) is 24.5 Å². The number of aliphatic hydroxyl groups excluding tert-OH is 1. The van der Waals surface area contributed by atoms with E-state index < -0.39 is 18.1 Å². The summed E-state index contributed by atoms with van der Waals surface area (Å²) in [6.07, 6.45) is -0.309. The Labute approximate surface area is 193 Å². The van der Waals surface area contributed by atoms with E-state index >= 15 is 0 Å². The van der Waals surface area contributed by atoms with Gasteiger partial charge in [-0.25, -0.2) is 0 Å². The van der Waals surface area contributed by atoms with Crippen LogP contribution < -0.4 is 10.1 Å². The van der Waals surface area contributed by atoms with Gasteiger partial charge >= 0.3 is 0 Å². The normalized spacial score (nSPS) is 17.5. The highest BCUT2D eigenvalue weighted by molar-refractivity contribution is 6.06. The number of rotatable bonds is 7. The lowest BCUT2D eigenvalue weighted by atomic mass is 10.0. The third-order valence-corrected chi connectivity index (χ3v) is 5.71. The summed E-state index contributed by atoms with van der Waals surface area (Å²) in [7, 11) is 0.